The summed E-state index contributed by atoms with van der Waals surface area (Å²) in [6.07, 6.45) is 1.26. The first-order valence-corrected chi connectivity index (χ1v) is 3.40. The number of hydrogen-bond acceptors (Lipinski definition) is 2. The Morgan fingerprint density at radius 1 is 1.67 bits per heavy atom. The Bertz CT molecular complexity index is 116. The molecule has 0 saturated carbocycles. The number of rotatable bonds is 3. The summed E-state index contributed by atoms with van der Waals surface area (Å²) in [7, 11) is -4.25. The van der Waals surface area contributed by atoms with Gasteiger partial charge in [0.1, 0.15) is 0 Å². The van der Waals surface area contributed by atoms with Crippen LogP contribution in [0.2, 0.25) is 0 Å². The van der Waals surface area contributed by atoms with Crippen LogP contribution >= 0.6 is 7.82 Å². The van der Waals surface area contributed by atoms with Gasteiger partial charge in [0.25, 0.3) is 0 Å². The second-order valence-corrected chi connectivity index (χ2v) is 2.31. The van der Waals surface area contributed by atoms with Gasteiger partial charge in [0.15, 0.2) is 0 Å². The molecule has 2 N–H and O–H groups in total. The first kappa shape index (κ1) is 11.6. The lowest BCUT2D eigenvalue weighted by molar-refractivity contribution is 0.216. The molecule has 0 heterocycles. The maximum absolute atomic E-state index is 9.81. The SMILES string of the molecule is C=CCOP(=O)(O)O.[C]. The molecule has 0 spiro atoms. The van der Waals surface area contributed by atoms with Gasteiger partial charge in [-0.1, -0.05) is 6.08 Å². The van der Waals surface area contributed by atoms with Crippen molar-refractivity contribution in [1.29, 1.82) is 0 Å². The molecule has 5 heteroatoms. The third kappa shape index (κ3) is 11.4. The van der Waals surface area contributed by atoms with Gasteiger partial charge in [0.05, 0.1) is 6.61 Å². The van der Waals surface area contributed by atoms with Gasteiger partial charge in [-0.3, -0.25) is 4.52 Å². The predicted octanol–water partition coefficient (Wildman–Crippen LogP) is 0.363. The lowest BCUT2D eigenvalue weighted by atomic mass is 10.7. The molecule has 0 aromatic heterocycles. The molecule has 0 saturated heterocycles. The largest absolute Gasteiger partial charge is 0.469 e. The van der Waals surface area contributed by atoms with E-state index >= 15 is 0 Å². The third-order valence-electron chi connectivity index (χ3n) is 0.361. The van der Waals surface area contributed by atoms with E-state index in [9.17, 15) is 4.57 Å². The summed E-state index contributed by atoms with van der Waals surface area (Å²) < 4.78 is 13.7. The highest BCUT2D eigenvalue weighted by Crippen LogP contribution is 2.35. The summed E-state index contributed by atoms with van der Waals surface area (Å²) in [5, 5.41) is 0. The van der Waals surface area contributed by atoms with E-state index < -0.39 is 7.82 Å². The van der Waals surface area contributed by atoms with Crippen molar-refractivity contribution in [1.82, 2.24) is 0 Å². The molecular weight excluding hydrogens is 143 g/mol. The first-order valence-electron chi connectivity index (χ1n) is 1.87. The number of phosphoric ester groups is 1. The standard InChI is InChI=1S/C3H7O4P.C/c1-2-3-7-8(4,5)6;/h2H,1,3H2,(H2,4,5,6);. The van der Waals surface area contributed by atoms with Crippen LogP contribution in [0.15, 0.2) is 12.7 Å². The third-order valence-corrected chi connectivity index (χ3v) is 0.846. The average molecular weight is 150 g/mol. The molecule has 9 heavy (non-hydrogen) atoms. The minimum absolute atomic E-state index is 0. The van der Waals surface area contributed by atoms with Crippen LogP contribution < -0.4 is 0 Å². The fourth-order valence-electron chi connectivity index (χ4n) is 0.150. The minimum Gasteiger partial charge on any atom is -0.303 e. The van der Waals surface area contributed by atoms with E-state index in [1.807, 2.05) is 0 Å². The van der Waals surface area contributed by atoms with E-state index in [1.165, 1.54) is 6.08 Å². The van der Waals surface area contributed by atoms with E-state index in [0.717, 1.165) is 0 Å². The van der Waals surface area contributed by atoms with Gasteiger partial charge in [0.2, 0.25) is 0 Å². The van der Waals surface area contributed by atoms with Gasteiger partial charge in [-0.25, -0.2) is 4.57 Å². The molecule has 0 aliphatic rings. The van der Waals surface area contributed by atoms with Gasteiger partial charge in [-0.15, -0.1) is 6.58 Å². The monoisotopic (exact) mass is 150 g/mol. The topological polar surface area (TPSA) is 66.8 Å². The Morgan fingerprint density at radius 3 is 2.22 bits per heavy atom. The van der Waals surface area contributed by atoms with Crippen LogP contribution in [0, 0.1) is 7.43 Å². The Kier molecular flexibility index (Phi) is 6.07. The summed E-state index contributed by atoms with van der Waals surface area (Å²) in [5.41, 5.74) is 0. The molecule has 0 bridgehead atoms. The van der Waals surface area contributed by atoms with Crippen LogP contribution in [-0.2, 0) is 9.09 Å². The van der Waals surface area contributed by atoms with Crippen molar-refractivity contribution in [2.75, 3.05) is 6.61 Å². The Labute approximate surface area is 54.4 Å². The zero-order valence-electron chi connectivity index (χ0n) is 4.65. The normalized spacial score (nSPS) is 10.0. The number of hydrogen-bond donors (Lipinski definition) is 2. The molecule has 0 aromatic carbocycles. The quantitative estimate of drug-likeness (QED) is 0.450. The molecule has 4 radical (unpaired) electrons. The maximum Gasteiger partial charge on any atom is 0.469 e. The fourth-order valence-corrected chi connectivity index (χ4v) is 0.449. The van der Waals surface area contributed by atoms with E-state index in [1.54, 1.807) is 0 Å². The zero-order chi connectivity index (χ0) is 6.62. The first-order chi connectivity index (χ1) is 3.56. The van der Waals surface area contributed by atoms with Crippen molar-refractivity contribution in [3.8, 4) is 0 Å². The van der Waals surface area contributed by atoms with Crippen LogP contribution in [0.5, 0.6) is 0 Å². The van der Waals surface area contributed by atoms with Crippen molar-refractivity contribution in [3.63, 3.8) is 0 Å². The van der Waals surface area contributed by atoms with Crippen LogP contribution in [0.4, 0.5) is 0 Å². The molecule has 0 atom stereocenters. The van der Waals surface area contributed by atoms with Crippen molar-refractivity contribution >= 4 is 7.82 Å². The summed E-state index contributed by atoms with van der Waals surface area (Å²) >= 11 is 0. The van der Waals surface area contributed by atoms with Crippen molar-refractivity contribution in [2.24, 2.45) is 0 Å². The summed E-state index contributed by atoms with van der Waals surface area (Å²) in [6.45, 7) is 3.07. The van der Waals surface area contributed by atoms with E-state index in [4.69, 9.17) is 9.79 Å². The van der Waals surface area contributed by atoms with Gasteiger partial charge in [-0.05, 0) is 0 Å². The highest BCUT2D eigenvalue weighted by Gasteiger charge is 2.10. The summed E-state index contributed by atoms with van der Waals surface area (Å²) in [4.78, 5) is 16.0. The van der Waals surface area contributed by atoms with Crippen LogP contribution in [-0.4, -0.2) is 16.4 Å². The van der Waals surface area contributed by atoms with Crippen LogP contribution in [0.1, 0.15) is 0 Å². The summed E-state index contributed by atoms with van der Waals surface area (Å²) in [6, 6.07) is 0. The van der Waals surface area contributed by atoms with E-state index in [0.29, 0.717) is 0 Å². The van der Waals surface area contributed by atoms with Crippen molar-refractivity contribution < 1.29 is 18.9 Å². The van der Waals surface area contributed by atoms with Crippen molar-refractivity contribution in [2.45, 2.75) is 0 Å². The highest BCUT2D eigenvalue weighted by molar-refractivity contribution is 7.46. The molecule has 52 valence electrons. The molecule has 4 nitrogen and oxygen atoms in total. The van der Waals surface area contributed by atoms with Gasteiger partial charge < -0.3 is 9.79 Å². The molecule has 0 aliphatic carbocycles. The fraction of sp³-hybridized carbons (Fsp3) is 0.250. The van der Waals surface area contributed by atoms with E-state index in [2.05, 4.69) is 11.1 Å². The Balaban J connectivity index is 0. The van der Waals surface area contributed by atoms with Gasteiger partial charge in [0, 0.05) is 7.43 Å². The molecule has 0 unspecified atom stereocenters. The minimum atomic E-state index is -4.25. The van der Waals surface area contributed by atoms with Gasteiger partial charge in [-0.2, -0.15) is 0 Å². The molecule has 0 aromatic rings. The predicted molar refractivity (Wildman–Crippen MR) is 31.4 cm³/mol. The average Bonchev–Trinajstić information content (AvgIpc) is 1.59. The Hall–Kier alpha value is -0.150. The maximum atomic E-state index is 9.81. The molecule has 0 rings (SSSR count). The molecule has 0 aliphatic heterocycles. The Morgan fingerprint density at radius 2 is 2.11 bits per heavy atom. The highest BCUT2D eigenvalue weighted by atomic mass is 31.2. The second-order valence-electron chi connectivity index (χ2n) is 1.08. The zero-order valence-corrected chi connectivity index (χ0v) is 5.54. The smallest absolute Gasteiger partial charge is 0.303 e. The molecule has 0 amide bonds. The number of phosphoric acid groups is 1. The van der Waals surface area contributed by atoms with Crippen molar-refractivity contribution in [3.05, 3.63) is 20.1 Å². The van der Waals surface area contributed by atoms with Gasteiger partial charge >= 0.3 is 7.82 Å². The summed E-state index contributed by atoms with van der Waals surface area (Å²) in [5.74, 6) is 0. The molecular formula is C4H7O4P. The lowest BCUT2D eigenvalue weighted by Gasteiger charge is -1.98. The molecule has 0 fully saturated rings. The lowest BCUT2D eigenvalue weighted by Crippen LogP contribution is -1.86. The van der Waals surface area contributed by atoms with Crippen LogP contribution in [0.25, 0.3) is 0 Å². The van der Waals surface area contributed by atoms with Crippen LogP contribution in [0.3, 0.4) is 0 Å². The van der Waals surface area contributed by atoms with E-state index in [-0.39, 0.29) is 14.0 Å². The second kappa shape index (κ2) is 4.70.